The molecule has 0 saturated heterocycles. The molecule has 194 valence electrons. The molecular weight excluding hydrogens is 468 g/mol. The second-order valence-electron chi connectivity index (χ2n) is 11.5. The number of carbonyl (C=O) groups excluding carboxylic acids is 2. The molecule has 1 aromatic rings. The third-order valence-electron chi connectivity index (χ3n) is 9.77. The second-order valence-corrected chi connectivity index (χ2v) is 11.5. The summed E-state index contributed by atoms with van der Waals surface area (Å²) < 4.78 is 32.9. The summed E-state index contributed by atoms with van der Waals surface area (Å²) in [5.41, 5.74) is -4.03. The number of rotatable bonds is 5. The van der Waals surface area contributed by atoms with Crippen LogP contribution in [0.3, 0.4) is 0 Å². The fourth-order valence-electron chi connectivity index (χ4n) is 8.22. The lowest BCUT2D eigenvalue weighted by atomic mass is 9.45. The summed E-state index contributed by atoms with van der Waals surface area (Å²) in [5.74, 6) is -3.39. The number of hydroxylamine groups is 1. The number of aliphatic hydroxyl groups excluding tert-OH is 2. The van der Waals surface area contributed by atoms with E-state index in [0.29, 0.717) is 12.1 Å². The van der Waals surface area contributed by atoms with Crippen LogP contribution in [-0.4, -0.2) is 58.1 Å². The van der Waals surface area contributed by atoms with Crippen molar-refractivity contribution >= 4 is 17.3 Å². The molecule has 4 aliphatic rings. The Hall–Kier alpha value is -2.42. The van der Waals surface area contributed by atoms with E-state index in [1.807, 2.05) is 13.0 Å². The first-order valence-electron chi connectivity index (χ1n) is 12.6. The molecule has 6 nitrogen and oxygen atoms in total. The Labute approximate surface area is 209 Å². The molecule has 4 aliphatic carbocycles. The van der Waals surface area contributed by atoms with Crippen molar-refractivity contribution in [3.63, 3.8) is 0 Å². The van der Waals surface area contributed by atoms with Gasteiger partial charge in [-0.25, -0.2) is 8.78 Å². The zero-order valence-electron chi connectivity index (χ0n) is 20.5. The highest BCUT2D eigenvalue weighted by Crippen LogP contribution is 2.70. The van der Waals surface area contributed by atoms with Gasteiger partial charge in [-0.05, 0) is 73.3 Å². The number of nitrogens with zero attached hydrogens (tertiary/aromatic N) is 1. The Morgan fingerprint density at radius 3 is 2.53 bits per heavy atom. The monoisotopic (exact) mass is 501 g/mol. The number of halogens is 2. The zero-order valence-corrected chi connectivity index (χ0v) is 20.5. The number of benzene rings is 1. The maximum atomic E-state index is 17.3. The summed E-state index contributed by atoms with van der Waals surface area (Å²) in [6.45, 7) is 2.73. The SMILES string of the molecule is C[C@]12C[C@H](O)[C@@]3(F)[C@@H](C[C@H](F)C4=CC(=O)C=C[C@@]43C)[C@@H]1C[C@@H](CN(O)c1ccccc1)[C@@H]2C(=O)CO. The van der Waals surface area contributed by atoms with Crippen LogP contribution in [0.5, 0.6) is 0 Å². The first-order valence-corrected chi connectivity index (χ1v) is 12.6. The minimum absolute atomic E-state index is 0.0457. The van der Waals surface area contributed by atoms with Crippen molar-refractivity contribution in [3.8, 4) is 0 Å². The Balaban J connectivity index is 1.55. The fourth-order valence-corrected chi connectivity index (χ4v) is 8.22. The number of para-hydroxylation sites is 1. The molecule has 5 rings (SSSR count). The van der Waals surface area contributed by atoms with E-state index in [2.05, 4.69) is 0 Å². The highest BCUT2D eigenvalue weighted by atomic mass is 19.1. The number of alkyl halides is 2. The molecule has 0 aliphatic heterocycles. The standard InChI is InChI=1S/C28H33F2NO5/c1-26-13-24(35)28(30)20(12-22(29)21-11-18(33)8-9-27(21,28)2)19(26)10-16(25(26)23(34)15-32)14-31(36)17-6-4-3-5-7-17/h3-9,11,16,19-20,22,24-25,32,35-36H,10,12-15H2,1-2H3/t16-,19-,20-,22-,24-,25+,26-,27-,28-/m0/s1. The van der Waals surface area contributed by atoms with Gasteiger partial charge in [0.2, 0.25) is 0 Å². The molecule has 9 atom stereocenters. The van der Waals surface area contributed by atoms with E-state index in [-0.39, 0.29) is 25.0 Å². The Bertz CT molecular complexity index is 1120. The average Bonchev–Trinajstić information content (AvgIpc) is 3.13. The Morgan fingerprint density at radius 1 is 1.17 bits per heavy atom. The van der Waals surface area contributed by atoms with E-state index in [0.717, 1.165) is 11.1 Å². The molecule has 0 radical (unpaired) electrons. The van der Waals surface area contributed by atoms with Gasteiger partial charge in [0, 0.05) is 23.8 Å². The van der Waals surface area contributed by atoms with Crippen molar-refractivity contribution < 1.29 is 33.8 Å². The number of fused-ring (bicyclic) bond motifs is 5. The lowest BCUT2D eigenvalue weighted by Crippen LogP contribution is -2.68. The van der Waals surface area contributed by atoms with Crippen LogP contribution in [0, 0.1) is 34.5 Å². The maximum Gasteiger partial charge on any atom is 0.178 e. The molecule has 36 heavy (non-hydrogen) atoms. The summed E-state index contributed by atoms with van der Waals surface area (Å²) in [6.07, 6.45) is 0.807. The first kappa shape index (κ1) is 25.2. The van der Waals surface area contributed by atoms with Gasteiger partial charge in [0.05, 0.1) is 11.8 Å². The molecule has 0 unspecified atom stereocenters. The normalized spacial score (nSPS) is 43.3. The van der Waals surface area contributed by atoms with Crippen molar-refractivity contribution in [1.82, 2.24) is 0 Å². The van der Waals surface area contributed by atoms with E-state index in [4.69, 9.17) is 0 Å². The molecule has 0 heterocycles. The summed E-state index contributed by atoms with van der Waals surface area (Å²) in [4.78, 5) is 25.1. The van der Waals surface area contributed by atoms with Crippen LogP contribution in [0.2, 0.25) is 0 Å². The molecule has 1 aromatic carbocycles. The van der Waals surface area contributed by atoms with E-state index < -0.39 is 70.6 Å². The lowest BCUT2D eigenvalue weighted by molar-refractivity contribution is -0.202. The van der Waals surface area contributed by atoms with E-state index in [1.165, 1.54) is 12.2 Å². The third kappa shape index (κ3) is 3.37. The predicted molar refractivity (Wildman–Crippen MR) is 129 cm³/mol. The van der Waals surface area contributed by atoms with Gasteiger partial charge in [0.25, 0.3) is 0 Å². The number of hydrogen-bond acceptors (Lipinski definition) is 6. The summed E-state index contributed by atoms with van der Waals surface area (Å²) in [5, 5.41) is 33.0. The minimum Gasteiger partial charge on any atom is -0.390 e. The van der Waals surface area contributed by atoms with Gasteiger partial charge < -0.3 is 10.2 Å². The number of anilines is 1. The third-order valence-corrected chi connectivity index (χ3v) is 9.77. The van der Waals surface area contributed by atoms with Gasteiger partial charge in [-0.2, -0.15) is 0 Å². The van der Waals surface area contributed by atoms with Gasteiger partial charge in [0.15, 0.2) is 17.2 Å². The van der Waals surface area contributed by atoms with Crippen molar-refractivity contribution in [1.29, 1.82) is 0 Å². The van der Waals surface area contributed by atoms with Crippen molar-refractivity contribution in [2.45, 2.75) is 51.1 Å². The highest BCUT2D eigenvalue weighted by Gasteiger charge is 2.73. The lowest BCUT2D eigenvalue weighted by Gasteiger charge is -2.62. The second kappa shape index (κ2) is 8.57. The number of carbonyl (C=O) groups is 2. The highest BCUT2D eigenvalue weighted by molar-refractivity contribution is 6.01. The van der Waals surface area contributed by atoms with Crippen molar-refractivity contribution in [3.05, 3.63) is 54.1 Å². The smallest absolute Gasteiger partial charge is 0.178 e. The first-order chi connectivity index (χ1) is 17.0. The van der Waals surface area contributed by atoms with E-state index in [9.17, 15) is 25.0 Å². The van der Waals surface area contributed by atoms with E-state index in [1.54, 1.807) is 31.2 Å². The quantitative estimate of drug-likeness (QED) is 0.534. The molecule has 0 spiro atoms. The van der Waals surface area contributed by atoms with Crippen molar-refractivity contribution in [2.24, 2.45) is 34.5 Å². The van der Waals surface area contributed by atoms with Gasteiger partial charge in [0.1, 0.15) is 12.8 Å². The van der Waals surface area contributed by atoms with Crippen LogP contribution in [-0.2, 0) is 9.59 Å². The Kier molecular flexibility index (Phi) is 6.01. The van der Waals surface area contributed by atoms with Crippen LogP contribution < -0.4 is 5.06 Å². The molecular formula is C28H33F2NO5. The molecule has 3 fully saturated rings. The minimum atomic E-state index is -2.23. The van der Waals surface area contributed by atoms with Crippen LogP contribution in [0.4, 0.5) is 14.5 Å². The largest absolute Gasteiger partial charge is 0.390 e. The number of ketones is 2. The van der Waals surface area contributed by atoms with Gasteiger partial charge in [-0.15, -0.1) is 0 Å². The molecule has 0 bridgehead atoms. The van der Waals surface area contributed by atoms with Gasteiger partial charge in [-0.3, -0.25) is 19.9 Å². The fraction of sp³-hybridized carbons (Fsp3) is 0.571. The topological polar surface area (TPSA) is 98.1 Å². The zero-order chi connectivity index (χ0) is 26.0. The van der Waals surface area contributed by atoms with Gasteiger partial charge >= 0.3 is 0 Å². The summed E-state index contributed by atoms with van der Waals surface area (Å²) in [6, 6.07) is 8.81. The van der Waals surface area contributed by atoms with Crippen LogP contribution >= 0.6 is 0 Å². The van der Waals surface area contributed by atoms with Crippen LogP contribution in [0.15, 0.2) is 54.1 Å². The Morgan fingerprint density at radius 2 is 1.86 bits per heavy atom. The van der Waals surface area contributed by atoms with Gasteiger partial charge in [-0.1, -0.05) is 31.2 Å². The maximum absolute atomic E-state index is 17.3. The number of Topliss-reactive ketones (excluding diaryl/α,β-unsaturated/α-hetero) is 1. The molecule has 8 heteroatoms. The summed E-state index contributed by atoms with van der Waals surface area (Å²) in [7, 11) is 0. The molecule has 0 amide bonds. The number of hydrogen-bond donors (Lipinski definition) is 3. The predicted octanol–water partition coefficient (Wildman–Crippen LogP) is 3.60. The molecule has 3 N–H and O–H groups in total. The summed E-state index contributed by atoms with van der Waals surface area (Å²) >= 11 is 0. The average molecular weight is 502 g/mol. The molecule has 0 aromatic heterocycles. The van der Waals surface area contributed by atoms with Crippen LogP contribution in [0.25, 0.3) is 0 Å². The molecule has 3 saturated carbocycles. The van der Waals surface area contributed by atoms with Crippen molar-refractivity contribution in [2.75, 3.05) is 18.2 Å². The number of allylic oxidation sites excluding steroid dienone is 4. The van der Waals surface area contributed by atoms with Crippen LogP contribution in [0.1, 0.15) is 33.1 Å². The number of aliphatic hydroxyl groups is 2. The van der Waals surface area contributed by atoms with E-state index >= 15 is 8.78 Å².